The van der Waals surface area contributed by atoms with Crippen molar-refractivity contribution in [3.05, 3.63) is 62.7 Å². The lowest BCUT2D eigenvalue weighted by molar-refractivity contribution is 0.598. The molecule has 0 aliphatic rings. The van der Waals surface area contributed by atoms with E-state index in [1.54, 1.807) is 6.07 Å². The summed E-state index contributed by atoms with van der Waals surface area (Å²) in [6.07, 6.45) is 0. The van der Waals surface area contributed by atoms with Crippen LogP contribution in [0.1, 0.15) is 11.1 Å². The van der Waals surface area contributed by atoms with Crippen molar-refractivity contribution in [3.63, 3.8) is 0 Å². The smallest absolute Gasteiger partial charge is 0.239 e. The molecule has 1 aromatic heterocycles. The van der Waals surface area contributed by atoms with E-state index in [0.717, 1.165) is 21.7 Å². The average molecular weight is 489 g/mol. The first-order valence-electron chi connectivity index (χ1n) is 7.76. The Balaban J connectivity index is 0.00000261. The second-order valence-electron chi connectivity index (χ2n) is 6.05. The lowest BCUT2D eigenvalue weighted by Crippen LogP contribution is -2.14. The number of primary sulfonamides is 1. The zero-order valence-electron chi connectivity index (χ0n) is 14.9. The Morgan fingerprint density at radius 3 is 2.48 bits per heavy atom. The summed E-state index contributed by atoms with van der Waals surface area (Å²) in [5.41, 5.74) is 4.73. The van der Waals surface area contributed by atoms with Crippen molar-refractivity contribution in [3.8, 4) is 11.3 Å². The Labute approximate surface area is 178 Å². The predicted octanol–water partition coefficient (Wildman–Crippen LogP) is 4.48. The van der Waals surface area contributed by atoms with Gasteiger partial charge >= 0.3 is 0 Å². The number of nitrogens with zero attached hydrogens (tertiary/aromatic N) is 2. The standard InChI is InChI=1S/C18H18ClN3O2S2.BrH/c1-11-4-7-15(12(2)8-11)21-18-22(3)16(10-25-18)13-5-6-14(19)17(9-13)26(20,23)24;/h4-10H,1-3H3,(H2,20,23,24);1H. The van der Waals surface area contributed by atoms with Gasteiger partial charge in [-0.25, -0.2) is 18.5 Å². The van der Waals surface area contributed by atoms with E-state index < -0.39 is 10.0 Å². The molecule has 0 bridgehead atoms. The molecule has 3 rings (SSSR count). The summed E-state index contributed by atoms with van der Waals surface area (Å²) in [5, 5.41) is 7.28. The fourth-order valence-corrected chi connectivity index (χ4v) is 4.64. The van der Waals surface area contributed by atoms with Gasteiger partial charge in [0.15, 0.2) is 4.80 Å². The van der Waals surface area contributed by atoms with Crippen LogP contribution in [0.4, 0.5) is 5.69 Å². The zero-order valence-corrected chi connectivity index (χ0v) is 19.0. The van der Waals surface area contributed by atoms with Crippen LogP contribution in [0.15, 0.2) is 51.7 Å². The molecule has 0 aliphatic heterocycles. The Morgan fingerprint density at radius 1 is 1.15 bits per heavy atom. The van der Waals surface area contributed by atoms with Gasteiger partial charge in [-0.2, -0.15) is 0 Å². The number of rotatable bonds is 3. The number of hydrogen-bond donors (Lipinski definition) is 1. The maximum atomic E-state index is 11.7. The molecule has 2 aromatic carbocycles. The molecule has 0 saturated heterocycles. The van der Waals surface area contributed by atoms with Crippen LogP contribution in [0.2, 0.25) is 5.02 Å². The number of hydrogen-bond acceptors (Lipinski definition) is 4. The lowest BCUT2D eigenvalue weighted by Gasteiger charge is -2.07. The van der Waals surface area contributed by atoms with E-state index in [1.807, 2.05) is 43.0 Å². The first-order chi connectivity index (χ1) is 12.2. The number of nitrogens with two attached hydrogens (primary N) is 1. The molecule has 2 N–H and O–H groups in total. The number of thiazole rings is 1. The number of aryl methyl sites for hydroxylation is 2. The Morgan fingerprint density at radius 2 is 1.85 bits per heavy atom. The van der Waals surface area contributed by atoms with Crippen molar-refractivity contribution in [1.82, 2.24) is 4.57 Å². The van der Waals surface area contributed by atoms with Crippen LogP contribution < -0.4 is 9.94 Å². The molecular weight excluding hydrogens is 470 g/mol. The van der Waals surface area contributed by atoms with Crippen molar-refractivity contribution < 1.29 is 8.42 Å². The summed E-state index contributed by atoms with van der Waals surface area (Å²) in [7, 11) is -2.00. The van der Waals surface area contributed by atoms with Crippen molar-refractivity contribution >= 4 is 55.6 Å². The van der Waals surface area contributed by atoms with Crippen LogP contribution in [0.25, 0.3) is 11.3 Å². The maximum absolute atomic E-state index is 11.7. The number of benzene rings is 2. The van der Waals surface area contributed by atoms with E-state index in [0.29, 0.717) is 5.56 Å². The third-order valence-electron chi connectivity index (χ3n) is 4.03. The Kier molecular flexibility index (Phi) is 6.70. The quantitative estimate of drug-likeness (QED) is 0.590. The van der Waals surface area contributed by atoms with Crippen molar-refractivity contribution in [2.75, 3.05) is 0 Å². The summed E-state index contributed by atoms with van der Waals surface area (Å²) >= 11 is 7.45. The maximum Gasteiger partial charge on any atom is 0.239 e. The van der Waals surface area contributed by atoms with Crippen molar-refractivity contribution in [2.24, 2.45) is 17.2 Å². The molecular formula is C18H19BrClN3O2S2. The first-order valence-corrected chi connectivity index (χ1v) is 10.6. The SMILES string of the molecule is Br.Cc1ccc(N=c2scc(-c3ccc(Cl)c(S(N)(=O)=O)c3)n2C)c(C)c1. The van der Waals surface area contributed by atoms with Gasteiger partial charge in [-0.05, 0) is 37.6 Å². The monoisotopic (exact) mass is 487 g/mol. The molecule has 3 aromatic rings. The molecule has 9 heteroatoms. The van der Waals surface area contributed by atoms with Crippen LogP contribution in [0, 0.1) is 13.8 Å². The molecule has 0 aliphatic carbocycles. The fraction of sp³-hybridized carbons (Fsp3) is 0.167. The number of halogens is 2. The molecule has 0 amide bonds. The van der Waals surface area contributed by atoms with E-state index in [2.05, 4.69) is 6.07 Å². The first kappa shape index (κ1) is 21.8. The van der Waals surface area contributed by atoms with Crippen LogP contribution in [-0.2, 0) is 17.1 Å². The topological polar surface area (TPSA) is 77.4 Å². The Hall–Kier alpha value is -1.45. The summed E-state index contributed by atoms with van der Waals surface area (Å²) < 4.78 is 25.3. The summed E-state index contributed by atoms with van der Waals surface area (Å²) in [6, 6.07) is 10.9. The number of sulfonamides is 1. The van der Waals surface area contributed by atoms with E-state index >= 15 is 0 Å². The van der Waals surface area contributed by atoms with Gasteiger partial charge in [0.2, 0.25) is 10.0 Å². The van der Waals surface area contributed by atoms with Crippen molar-refractivity contribution in [2.45, 2.75) is 18.7 Å². The summed E-state index contributed by atoms with van der Waals surface area (Å²) in [5.74, 6) is 0. The van der Waals surface area contributed by atoms with Gasteiger partial charge in [-0.15, -0.1) is 28.3 Å². The van der Waals surface area contributed by atoms with Gasteiger partial charge in [0.1, 0.15) is 4.90 Å². The molecule has 0 radical (unpaired) electrons. The minimum atomic E-state index is -3.89. The van der Waals surface area contributed by atoms with Gasteiger partial charge in [0.05, 0.1) is 16.4 Å². The van der Waals surface area contributed by atoms with E-state index in [4.69, 9.17) is 21.7 Å². The third kappa shape index (κ3) is 4.70. The lowest BCUT2D eigenvalue weighted by atomic mass is 10.1. The van der Waals surface area contributed by atoms with Gasteiger partial charge in [-0.3, -0.25) is 0 Å². The average Bonchev–Trinajstić information content (AvgIpc) is 2.90. The molecule has 0 unspecified atom stereocenters. The van der Waals surface area contributed by atoms with Gasteiger partial charge in [0.25, 0.3) is 0 Å². The van der Waals surface area contributed by atoms with E-state index in [1.165, 1.54) is 29.0 Å². The third-order valence-corrected chi connectivity index (χ3v) is 6.34. The van der Waals surface area contributed by atoms with E-state index in [9.17, 15) is 8.42 Å². The van der Waals surface area contributed by atoms with Gasteiger partial charge in [0, 0.05) is 18.0 Å². The highest BCUT2D eigenvalue weighted by Gasteiger charge is 2.15. The molecule has 1 heterocycles. The summed E-state index contributed by atoms with van der Waals surface area (Å²) in [4.78, 5) is 5.45. The molecule has 0 fully saturated rings. The highest BCUT2D eigenvalue weighted by atomic mass is 79.9. The molecule has 0 saturated carbocycles. The van der Waals surface area contributed by atoms with Gasteiger partial charge < -0.3 is 4.57 Å². The van der Waals surface area contributed by atoms with Crippen LogP contribution >= 0.6 is 39.9 Å². The summed E-state index contributed by atoms with van der Waals surface area (Å²) in [6.45, 7) is 4.07. The molecule has 144 valence electrons. The molecule has 0 spiro atoms. The fourth-order valence-electron chi connectivity index (χ4n) is 2.65. The molecule has 5 nitrogen and oxygen atoms in total. The Bertz CT molecular complexity index is 1170. The highest BCUT2D eigenvalue weighted by Crippen LogP contribution is 2.28. The van der Waals surface area contributed by atoms with Crippen LogP contribution in [0.3, 0.4) is 0 Å². The van der Waals surface area contributed by atoms with Crippen LogP contribution in [-0.4, -0.2) is 13.0 Å². The van der Waals surface area contributed by atoms with Crippen molar-refractivity contribution in [1.29, 1.82) is 0 Å². The minimum Gasteiger partial charge on any atom is -0.320 e. The minimum absolute atomic E-state index is 0. The second kappa shape index (κ2) is 8.28. The largest absolute Gasteiger partial charge is 0.320 e. The van der Waals surface area contributed by atoms with E-state index in [-0.39, 0.29) is 26.9 Å². The zero-order chi connectivity index (χ0) is 19.1. The number of aromatic nitrogens is 1. The molecule has 27 heavy (non-hydrogen) atoms. The molecule has 0 atom stereocenters. The van der Waals surface area contributed by atoms with Gasteiger partial charge in [-0.1, -0.05) is 35.4 Å². The highest BCUT2D eigenvalue weighted by molar-refractivity contribution is 8.93. The normalized spacial score (nSPS) is 12.1. The predicted molar refractivity (Wildman–Crippen MR) is 117 cm³/mol. The van der Waals surface area contributed by atoms with Crippen LogP contribution in [0.5, 0.6) is 0 Å². The second-order valence-corrected chi connectivity index (χ2v) is 8.83.